The summed E-state index contributed by atoms with van der Waals surface area (Å²) in [5.74, 6) is -0.981. The van der Waals surface area contributed by atoms with Crippen LogP contribution in [0.5, 0.6) is 0 Å². The van der Waals surface area contributed by atoms with Gasteiger partial charge in [-0.05, 0) is 19.1 Å². The second-order valence-electron chi connectivity index (χ2n) is 2.89. The summed E-state index contributed by atoms with van der Waals surface area (Å²) in [5, 5.41) is 0. The summed E-state index contributed by atoms with van der Waals surface area (Å²) in [5.41, 5.74) is 3.55. The zero-order valence-corrected chi connectivity index (χ0v) is 8.03. The van der Waals surface area contributed by atoms with E-state index in [0.29, 0.717) is 5.56 Å². The number of amides is 1. The summed E-state index contributed by atoms with van der Waals surface area (Å²) < 4.78 is 0. The summed E-state index contributed by atoms with van der Waals surface area (Å²) in [6.45, 7) is 3.14. The van der Waals surface area contributed by atoms with E-state index in [1.165, 1.54) is 6.92 Å². The van der Waals surface area contributed by atoms with Crippen molar-refractivity contribution in [3.63, 3.8) is 0 Å². The minimum absolute atomic E-state index is 0.430. The first kappa shape index (κ1) is 10.2. The largest absolute Gasteiger partial charge is 0.341 e. The highest BCUT2D eigenvalue weighted by Crippen LogP contribution is 2.02. The number of nitrogens with one attached hydrogen (secondary N) is 1. The van der Waals surface area contributed by atoms with Gasteiger partial charge in [0.2, 0.25) is 0 Å². The molecule has 74 valence electrons. The van der Waals surface area contributed by atoms with E-state index in [9.17, 15) is 9.59 Å². The van der Waals surface area contributed by atoms with Gasteiger partial charge in [-0.15, -0.1) is 0 Å². The van der Waals surface area contributed by atoms with Crippen molar-refractivity contribution in [2.24, 2.45) is 0 Å². The Kier molecular flexibility index (Phi) is 3.23. The van der Waals surface area contributed by atoms with Gasteiger partial charge in [-0.3, -0.25) is 9.59 Å². The van der Waals surface area contributed by atoms with Crippen LogP contribution in [0.25, 0.3) is 0 Å². The normalized spacial score (nSPS) is 9.29. The molecule has 0 saturated carbocycles. The van der Waals surface area contributed by atoms with Crippen molar-refractivity contribution >= 4 is 11.9 Å². The van der Waals surface area contributed by atoms with E-state index < -0.39 is 11.9 Å². The van der Waals surface area contributed by atoms with Crippen molar-refractivity contribution in [2.75, 3.05) is 0 Å². The number of carbonyl (C=O) groups is 2. The molecule has 0 unspecified atom stereocenters. The van der Waals surface area contributed by atoms with Crippen LogP contribution in [0.15, 0.2) is 24.3 Å². The second kappa shape index (κ2) is 4.41. The lowest BCUT2D eigenvalue weighted by Crippen LogP contribution is -2.25. The standard InChI is InChI=1S/C10H11NO3/c1-7-3-5-9(6-4-7)10(13)11-14-8(2)12/h3-6H,1-2H3,(H,11,13). The number of aryl methyl sites for hydroxylation is 1. The van der Waals surface area contributed by atoms with Crippen molar-refractivity contribution in [2.45, 2.75) is 13.8 Å². The monoisotopic (exact) mass is 193 g/mol. The minimum Gasteiger partial charge on any atom is -0.341 e. The minimum atomic E-state index is -0.550. The van der Waals surface area contributed by atoms with Crippen LogP contribution >= 0.6 is 0 Å². The lowest BCUT2D eigenvalue weighted by molar-refractivity contribution is -0.146. The zero-order valence-electron chi connectivity index (χ0n) is 8.03. The van der Waals surface area contributed by atoms with Crippen molar-refractivity contribution in [3.05, 3.63) is 35.4 Å². The molecule has 0 aromatic heterocycles. The Morgan fingerprint density at radius 2 is 1.79 bits per heavy atom. The molecule has 0 aliphatic rings. The summed E-state index contributed by atoms with van der Waals surface area (Å²) in [7, 11) is 0. The fraction of sp³-hybridized carbons (Fsp3) is 0.200. The molecule has 0 atom stereocenters. The number of hydroxylamine groups is 1. The Morgan fingerprint density at radius 1 is 1.21 bits per heavy atom. The molecule has 0 heterocycles. The van der Waals surface area contributed by atoms with E-state index in [1.54, 1.807) is 12.1 Å². The third-order valence-corrected chi connectivity index (χ3v) is 1.60. The SMILES string of the molecule is CC(=O)ONC(=O)c1ccc(C)cc1. The molecule has 0 fully saturated rings. The average molecular weight is 193 g/mol. The molecule has 14 heavy (non-hydrogen) atoms. The van der Waals surface area contributed by atoms with Crippen LogP contribution in [-0.2, 0) is 9.63 Å². The fourth-order valence-corrected chi connectivity index (χ4v) is 0.882. The van der Waals surface area contributed by atoms with Gasteiger partial charge in [0.25, 0.3) is 5.91 Å². The van der Waals surface area contributed by atoms with Crippen LogP contribution in [0.2, 0.25) is 0 Å². The molecule has 4 heteroatoms. The maximum absolute atomic E-state index is 11.3. The Balaban J connectivity index is 2.61. The molecule has 1 aromatic carbocycles. The fourth-order valence-electron chi connectivity index (χ4n) is 0.882. The zero-order chi connectivity index (χ0) is 10.6. The van der Waals surface area contributed by atoms with Gasteiger partial charge in [-0.2, -0.15) is 5.48 Å². The molecule has 0 radical (unpaired) electrons. The molecule has 0 aliphatic heterocycles. The maximum Gasteiger partial charge on any atom is 0.329 e. The van der Waals surface area contributed by atoms with Gasteiger partial charge in [-0.25, -0.2) is 0 Å². The van der Waals surface area contributed by atoms with Crippen LogP contribution < -0.4 is 5.48 Å². The van der Waals surface area contributed by atoms with Gasteiger partial charge in [0.1, 0.15) is 0 Å². The first-order valence-electron chi connectivity index (χ1n) is 4.14. The van der Waals surface area contributed by atoms with Gasteiger partial charge in [0.05, 0.1) is 0 Å². The summed E-state index contributed by atoms with van der Waals surface area (Å²) in [6.07, 6.45) is 0. The molecule has 0 spiro atoms. The lowest BCUT2D eigenvalue weighted by atomic mass is 10.1. The molecule has 0 bridgehead atoms. The Hall–Kier alpha value is -1.84. The smallest absolute Gasteiger partial charge is 0.329 e. The van der Waals surface area contributed by atoms with E-state index in [-0.39, 0.29) is 0 Å². The number of hydrogen-bond acceptors (Lipinski definition) is 3. The highest BCUT2D eigenvalue weighted by atomic mass is 16.7. The molecule has 1 N–H and O–H groups in total. The number of rotatable bonds is 1. The van der Waals surface area contributed by atoms with Gasteiger partial charge in [-0.1, -0.05) is 17.7 Å². The number of carbonyl (C=O) groups excluding carboxylic acids is 2. The van der Waals surface area contributed by atoms with E-state index in [0.717, 1.165) is 5.56 Å². The molecule has 0 aliphatic carbocycles. The van der Waals surface area contributed by atoms with Crippen molar-refractivity contribution < 1.29 is 14.4 Å². The van der Waals surface area contributed by atoms with Gasteiger partial charge < -0.3 is 4.84 Å². The summed E-state index contributed by atoms with van der Waals surface area (Å²) >= 11 is 0. The summed E-state index contributed by atoms with van der Waals surface area (Å²) in [6, 6.07) is 6.94. The van der Waals surface area contributed by atoms with Gasteiger partial charge >= 0.3 is 5.97 Å². The molecular formula is C10H11NO3. The summed E-state index contributed by atoms with van der Waals surface area (Å²) in [4.78, 5) is 26.0. The van der Waals surface area contributed by atoms with Gasteiger partial charge in [0, 0.05) is 12.5 Å². The number of hydrogen-bond donors (Lipinski definition) is 1. The highest BCUT2D eigenvalue weighted by Gasteiger charge is 2.05. The highest BCUT2D eigenvalue weighted by molar-refractivity contribution is 5.94. The first-order valence-corrected chi connectivity index (χ1v) is 4.14. The van der Waals surface area contributed by atoms with Gasteiger partial charge in [0.15, 0.2) is 0 Å². The molecule has 1 rings (SSSR count). The second-order valence-corrected chi connectivity index (χ2v) is 2.89. The van der Waals surface area contributed by atoms with Crippen molar-refractivity contribution in [1.82, 2.24) is 5.48 Å². The van der Waals surface area contributed by atoms with Crippen LogP contribution in [0.3, 0.4) is 0 Å². The van der Waals surface area contributed by atoms with E-state index >= 15 is 0 Å². The quantitative estimate of drug-likeness (QED) is 0.682. The van der Waals surface area contributed by atoms with Crippen LogP contribution in [0.1, 0.15) is 22.8 Å². The third kappa shape index (κ3) is 2.90. The Labute approximate surface area is 81.8 Å². The predicted octanol–water partition coefficient (Wildman–Crippen LogP) is 1.20. The first-order chi connectivity index (χ1) is 6.59. The molecule has 0 saturated heterocycles. The van der Waals surface area contributed by atoms with Crippen molar-refractivity contribution in [1.29, 1.82) is 0 Å². The van der Waals surface area contributed by atoms with E-state index in [2.05, 4.69) is 4.84 Å². The van der Waals surface area contributed by atoms with Crippen LogP contribution in [0, 0.1) is 6.92 Å². The average Bonchev–Trinajstić information content (AvgIpc) is 2.15. The third-order valence-electron chi connectivity index (χ3n) is 1.60. The lowest BCUT2D eigenvalue weighted by Gasteiger charge is -2.03. The van der Waals surface area contributed by atoms with Crippen molar-refractivity contribution in [3.8, 4) is 0 Å². The predicted molar refractivity (Wildman–Crippen MR) is 50.4 cm³/mol. The molecule has 4 nitrogen and oxygen atoms in total. The maximum atomic E-state index is 11.3. The Bertz CT molecular complexity index is 343. The Morgan fingerprint density at radius 3 is 2.29 bits per heavy atom. The topological polar surface area (TPSA) is 55.4 Å². The molecular weight excluding hydrogens is 182 g/mol. The van der Waals surface area contributed by atoms with E-state index in [4.69, 9.17) is 0 Å². The molecule has 1 aromatic rings. The number of benzene rings is 1. The van der Waals surface area contributed by atoms with E-state index in [1.807, 2.05) is 24.5 Å². The van der Waals surface area contributed by atoms with Crippen LogP contribution in [0.4, 0.5) is 0 Å². The molecule has 1 amide bonds. The van der Waals surface area contributed by atoms with Crippen LogP contribution in [-0.4, -0.2) is 11.9 Å².